The fraction of sp³-hybridized carbons (Fsp3) is 0. The van der Waals surface area contributed by atoms with Gasteiger partial charge in [-0.3, -0.25) is 0 Å². The molecule has 0 spiro atoms. The zero-order chi connectivity index (χ0) is 29.7. The number of nitrogen functional groups attached to an aromatic ring is 4. The molecule has 0 aliphatic carbocycles. The van der Waals surface area contributed by atoms with Crippen LogP contribution in [-0.4, -0.2) is 39.9 Å². The Morgan fingerprint density at radius 1 is 0.356 bits per heavy atom. The van der Waals surface area contributed by atoms with E-state index >= 15 is 0 Å². The van der Waals surface area contributed by atoms with Crippen LogP contribution in [-0.2, 0) is 17.1 Å². The Hall–Kier alpha value is -6.04. The first-order chi connectivity index (χ1) is 21.4. The van der Waals surface area contributed by atoms with E-state index < -0.39 is 0 Å². The van der Waals surface area contributed by atoms with Gasteiger partial charge in [-0.15, -0.1) is 0 Å². The number of nitrogens with two attached hydrogens (primary N) is 4. The summed E-state index contributed by atoms with van der Waals surface area (Å²) in [6.45, 7) is 0. The van der Waals surface area contributed by atoms with Crippen LogP contribution in [0.4, 0.5) is 22.7 Å². The maximum Gasteiger partial charge on any atom is 0.164 e. The number of rotatable bonds is 0. The average Bonchev–Trinajstić information content (AvgIpc) is 3.71. The topological polar surface area (TPSA) is 213 Å². The molecular weight excluding hydrogens is 608 g/mol. The molecule has 5 heterocycles. The number of H-pyrrole nitrogens is 2. The number of benzene rings is 4. The van der Waals surface area contributed by atoms with E-state index in [2.05, 4.69) is 9.97 Å². The minimum atomic E-state index is 0. The molecule has 12 nitrogen and oxygen atoms in total. The van der Waals surface area contributed by atoms with E-state index in [-0.39, 0.29) is 17.1 Å². The predicted octanol–water partition coefficient (Wildman–Crippen LogP) is 5.20. The van der Waals surface area contributed by atoms with Crippen molar-refractivity contribution in [3.05, 3.63) is 72.8 Å². The van der Waals surface area contributed by atoms with Crippen molar-refractivity contribution in [1.82, 2.24) is 39.9 Å². The molecule has 0 atom stereocenters. The third-order valence-electron chi connectivity index (χ3n) is 7.93. The summed E-state index contributed by atoms with van der Waals surface area (Å²) >= 11 is 0. The molecule has 13 heteroatoms. The molecule has 0 fully saturated rings. The number of nitrogens with one attached hydrogen (secondary N) is 2. The van der Waals surface area contributed by atoms with Gasteiger partial charge in [-0.2, -0.15) is 0 Å². The van der Waals surface area contributed by atoms with Gasteiger partial charge in [-0.25, -0.2) is 29.9 Å². The summed E-state index contributed by atoms with van der Waals surface area (Å²) in [5.74, 6) is 1.86. The first-order valence-electron chi connectivity index (χ1n) is 13.8. The van der Waals surface area contributed by atoms with Gasteiger partial charge in [0.1, 0.15) is 22.6 Å². The summed E-state index contributed by atoms with van der Waals surface area (Å²) in [6.07, 6.45) is 0. The molecule has 0 amide bonds. The molecule has 2 aliphatic rings. The SMILES string of the molecule is Nc1ccc2c(c1)-c1nc-2nc2[nH]c(nc3nc(nc4[nH]c(n1)c1ccc(N)cc41)-c1cc(N)ccc1-3)c1ccc(N)cc21.[Fe]. The second kappa shape index (κ2) is 9.48. The fourth-order valence-corrected chi connectivity index (χ4v) is 5.86. The quantitative estimate of drug-likeness (QED) is 0.0952. The normalized spacial score (nSPS) is 11.7. The first kappa shape index (κ1) is 26.6. The zero-order valence-electron chi connectivity index (χ0n) is 23.3. The molecule has 7 aromatic rings. The van der Waals surface area contributed by atoms with Gasteiger partial charge in [0, 0.05) is 83.6 Å². The zero-order valence-corrected chi connectivity index (χ0v) is 24.4. The van der Waals surface area contributed by atoms with Crippen LogP contribution in [0.25, 0.3) is 89.7 Å². The van der Waals surface area contributed by atoms with Crippen LogP contribution in [0.1, 0.15) is 0 Å². The van der Waals surface area contributed by atoms with Crippen LogP contribution in [0.2, 0.25) is 0 Å². The van der Waals surface area contributed by atoms with Crippen molar-refractivity contribution in [3.63, 3.8) is 0 Å². The molecule has 45 heavy (non-hydrogen) atoms. The third kappa shape index (κ3) is 4.06. The van der Waals surface area contributed by atoms with Crippen LogP contribution in [0, 0.1) is 0 Å². The second-order valence-corrected chi connectivity index (χ2v) is 10.8. The van der Waals surface area contributed by atoms with Gasteiger partial charge in [0.25, 0.3) is 0 Å². The fourth-order valence-electron chi connectivity index (χ4n) is 5.86. The molecule has 218 valence electrons. The summed E-state index contributed by atoms with van der Waals surface area (Å²) in [5.41, 5.74) is 32.5. The van der Waals surface area contributed by atoms with Gasteiger partial charge >= 0.3 is 0 Å². The Labute approximate surface area is 264 Å². The number of anilines is 4. The predicted molar refractivity (Wildman–Crippen MR) is 174 cm³/mol. The van der Waals surface area contributed by atoms with E-state index in [0.717, 1.165) is 43.8 Å². The standard InChI is InChI=1S/C32H22N12.Fe/c33-13-1-5-17-21(9-13)29-38-25(17)37-26-18-6-2-15(35)11-23(18)31(39-26)44-32-24-12-16(36)4-8-20(24)28(43-32)42-30-22-10-14(34)3-7-19(22)27(40-29)41-30;/h1-12H,33-36H2,(H2,37,38,39,40,41,42,43,44);. The van der Waals surface area contributed by atoms with Crippen molar-refractivity contribution in [2.24, 2.45) is 0 Å². The van der Waals surface area contributed by atoms with E-state index in [1.807, 2.05) is 72.8 Å². The molecule has 0 saturated heterocycles. The maximum atomic E-state index is 6.21. The number of hydrogen-bond donors (Lipinski definition) is 6. The van der Waals surface area contributed by atoms with Gasteiger partial charge in [0.05, 0.1) is 0 Å². The van der Waals surface area contributed by atoms with E-state index in [1.165, 1.54) is 0 Å². The molecule has 0 unspecified atom stereocenters. The number of nitrogens with zero attached hydrogens (tertiary/aromatic N) is 6. The minimum absolute atomic E-state index is 0. The van der Waals surface area contributed by atoms with Gasteiger partial charge in [0.2, 0.25) is 0 Å². The molecule has 3 aromatic heterocycles. The summed E-state index contributed by atoms with van der Waals surface area (Å²) in [7, 11) is 0. The smallest absolute Gasteiger partial charge is 0.164 e. The van der Waals surface area contributed by atoms with Crippen LogP contribution in [0.5, 0.6) is 0 Å². The number of fused-ring (bicyclic) bond motifs is 20. The number of hydrogen-bond acceptors (Lipinski definition) is 10. The van der Waals surface area contributed by atoms with Gasteiger partial charge in [0.15, 0.2) is 23.3 Å². The van der Waals surface area contributed by atoms with Crippen molar-refractivity contribution >= 4 is 66.9 Å². The first-order valence-corrected chi connectivity index (χ1v) is 13.8. The van der Waals surface area contributed by atoms with Crippen molar-refractivity contribution in [2.45, 2.75) is 0 Å². The van der Waals surface area contributed by atoms with Crippen molar-refractivity contribution < 1.29 is 17.1 Å². The molecule has 8 bridgehead atoms. The Balaban J connectivity index is 0.00000300. The molecule has 0 radical (unpaired) electrons. The largest absolute Gasteiger partial charge is 0.399 e. The monoisotopic (exact) mass is 630 g/mol. The number of aromatic nitrogens is 8. The van der Waals surface area contributed by atoms with Crippen LogP contribution < -0.4 is 22.9 Å². The van der Waals surface area contributed by atoms with Crippen molar-refractivity contribution in [1.29, 1.82) is 0 Å². The Morgan fingerprint density at radius 2 is 0.689 bits per heavy atom. The van der Waals surface area contributed by atoms with Crippen molar-refractivity contribution in [2.75, 3.05) is 22.9 Å². The molecule has 9 rings (SSSR count). The average molecular weight is 630 g/mol. The summed E-state index contributed by atoms with van der Waals surface area (Å²) in [5, 5.41) is 3.22. The van der Waals surface area contributed by atoms with E-state index in [1.54, 1.807) is 0 Å². The van der Waals surface area contributed by atoms with Crippen molar-refractivity contribution in [3.8, 4) is 45.6 Å². The summed E-state index contributed by atoms with van der Waals surface area (Å²) in [4.78, 5) is 36.4. The molecule has 4 aromatic carbocycles. The molecule has 0 saturated carbocycles. The number of aromatic amines is 2. The van der Waals surface area contributed by atoms with Crippen LogP contribution >= 0.6 is 0 Å². The Kier molecular flexibility index (Phi) is 5.60. The van der Waals surface area contributed by atoms with E-state index in [4.69, 9.17) is 52.8 Å². The minimum Gasteiger partial charge on any atom is -0.399 e. The van der Waals surface area contributed by atoms with Gasteiger partial charge in [-0.05, 0) is 72.8 Å². The second-order valence-electron chi connectivity index (χ2n) is 10.8. The van der Waals surface area contributed by atoms with Crippen LogP contribution in [0.15, 0.2) is 72.8 Å². The van der Waals surface area contributed by atoms with Gasteiger partial charge in [-0.1, -0.05) is 0 Å². The van der Waals surface area contributed by atoms with E-state index in [0.29, 0.717) is 68.6 Å². The molecular formula is C32H22FeN12. The third-order valence-corrected chi connectivity index (χ3v) is 7.93. The summed E-state index contributed by atoms with van der Waals surface area (Å²) in [6, 6.07) is 22.3. The Bertz CT molecular complexity index is 2570. The van der Waals surface area contributed by atoms with E-state index in [9.17, 15) is 0 Å². The Morgan fingerprint density at radius 3 is 1.11 bits per heavy atom. The maximum absolute atomic E-state index is 6.21. The molecule has 2 aliphatic heterocycles. The summed E-state index contributed by atoms with van der Waals surface area (Å²) < 4.78 is 0. The molecule has 10 N–H and O–H groups in total. The van der Waals surface area contributed by atoms with Crippen LogP contribution in [0.3, 0.4) is 0 Å². The van der Waals surface area contributed by atoms with Gasteiger partial charge < -0.3 is 32.9 Å².